The molecule has 6 nitrogen and oxygen atoms in total. The molecule has 5 atom stereocenters. The number of likely N-dealkylation sites (tertiary alicyclic amines) is 1. The third kappa shape index (κ3) is 4.33. The topological polar surface area (TPSA) is 71.0 Å². The lowest BCUT2D eigenvalue weighted by molar-refractivity contribution is -0.0524. The van der Waals surface area contributed by atoms with Crippen LogP contribution in [0.15, 0.2) is 66.7 Å². The number of hydrogen-bond acceptors (Lipinski definition) is 5. The summed E-state index contributed by atoms with van der Waals surface area (Å²) in [6, 6.07) is 19.3. The lowest BCUT2D eigenvalue weighted by Gasteiger charge is -2.57. The summed E-state index contributed by atoms with van der Waals surface area (Å²) < 4.78 is 12.0. The molecule has 1 spiro atoms. The van der Waals surface area contributed by atoms with Crippen LogP contribution < -0.4 is 14.8 Å². The van der Waals surface area contributed by atoms with Crippen LogP contribution in [0, 0.1) is 18.8 Å². The van der Waals surface area contributed by atoms with Crippen LogP contribution in [0.2, 0.25) is 0 Å². The van der Waals surface area contributed by atoms with Crippen molar-refractivity contribution in [3.63, 3.8) is 0 Å². The van der Waals surface area contributed by atoms with E-state index in [0.717, 1.165) is 54.2 Å². The summed E-state index contributed by atoms with van der Waals surface area (Å²) in [4.78, 5) is 16.3. The first kappa shape index (κ1) is 27.0. The first-order valence-corrected chi connectivity index (χ1v) is 15.9. The number of methoxy groups -OCH3 is 1. The fourth-order valence-electron chi connectivity index (χ4n) is 8.52. The van der Waals surface area contributed by atoms with Gasteiger partial charge in [-0.3, -0.25) is 9.69 Å². The summed E-state index contributed by atoms with van der Waals surface area (Å²) in [5, 5.41) is 14.3. The molecule has 2 aliphatic heterocycles. The number of carbonyl (C=O) groups is 1. The second-order valence-electron chi connectivity index (χ2n) is 13.3. The fourth-order valence-corrected chi connectivity index (χ4v) is 8.52. The summed E-state index contributed by atoms with van der Waals surface area (Å²) >= 11 is 0. The third-order valence-electron chi connectivity index (χ3n) is 10.8. The lowest BCUT2D eigenvalue weighted by Crippen LogP contribution is -2.65. The van der Waals surface area contributed by atoms with Crippen molar-refractivity contribution in [2.45, 2.75) is 62.7 Å². The summed E-state index contributed by atoms with van der Waals surface area (Å²) in [7, 11) is 1.69. The maximum atomic E-state index is 13.6. The Bertz CT molecular complexity index is 1610. The van der Waals surface area contributed by atoms with E-state index < -0.39 is 6.10 Å². The van der Waals surface area contributed by atoms with E-state index in [9.17, 15) is 9.90 Å². The Morgan fingerprint density at radius 1 is 1.09 bits per heavy atom. The van der Waals surface area contributed by atoms with Crippen LogP contribution in [0.4, 0.5) is 0 Å². The van der Waals surface area contributed by atoms with Gasteiger partial charge in [0.25, 0.3) is 5.91 Å². The number of nitrogens with one attached hydrogen (secondary N) is 1. The Labute approximate surface area is 253 Å². The molecule has 3 aliphatic carbocycles. The molecule has 1 amide bonds. The SMILES string of the molecule is COc1ccc(-c2ccc(CCNC(=O)c3ccc4c5c3O[C@H]3[C@@H](O)C=C[C@H]6C(C4)N(CC4CC4)CCC563)cc2)cc1C. The molecule has 8 rings (SSSR count). The van der Waals surface area contributed by atoms with Crippen molar-refractivity contribution in [3.8, 4) is 22.6 Å². The number of benzene rings is 3. The monoisotopic (exact) mass is 576 g/mol. The molecule has 0 radical (unpaired) electrons. The van der Waals surface area contributed by atoms with Crippen LogP contribution in [-0.2, 0) is 18.3 Å². The van der Waals surface area contributed by atoms with Gasteiger partial charge in [-0.25, -0.2) is 0 Å². The molecule has 3 aromatic carbocycles. The molecule has 3 aromatic rings. The van der Waals surface area contributed by atoms with Gasteiger partial charge in [-0.15, -0.1) is 0 Å². The van der Waals surface area contributed by atoms with Gasteiger partial charge in [-0.05, 0) is 97.5 Å². The summed E-state index contributed by atoms with van der Waals surface area (Å²) in [5.41, 5.74) is 7.44. The molecule has 43 heavy (non-hydrogen) atoms. The molecule has 1 saturated carbocycles. The van der Waals surface area contributed by atoms with Crippen LogP contribution in [0.3, 0.4) is 0 Å². The maximum absolute atomic E-state index is 13.6. The van der Waals surface area contributed by atoms with Gasteiger partial charge in [0, 0.05) is 36.0 Å². The minimum Gasteiger partial charge on any atom is -0.496 e. The number of amides is 1. The molecule has 222 valence electrons. The minimum absolute atomic E-state index is 0.106. The zero-order valence-electron chi connectivity index (χ0n) is 25.0. The van der Waals surface area contributed by atoms with Gasteiger partial charge < -0.3 is 19.9 Å². The van der Waals surface area contributed by atoms with E-state index in [-0.39, 0.29) is 17.4 Å². The Kier molecular flexibility index (Phi) is 6.43. The van der Waals surface area contributed by atoms with E-state index in [1.54, 1.807) is 7.11 Å². The number of rotatable bonds is 8. The normalized spacial score (nSPS) is 28.3. The van der Waals surface area contributed by atoms with Crippen molar-refractivity contribution in [2.24, 2.45) is 11.8 Å². The Morgan fingerprint density at radius 3 is 2.67 bits per heavy atom. The third-order valence-corrected chi connectivity index (χ3v) is 10.8. The molecule has 5 aliphatic rings. The predicted molar refractivity (Wildman–Crippen MR) is 167 cm³/mol. The molecule has 2 heterocycles. The number of ether oxygens (including phenoxy) is 2. The highest BCUT2D eigenvalue weighted by Gasteiger charge is 2.64. The van der Waals surface area contributed by atoms with E-state index in [1.807, 2.05) is 18.2 Å². The Hall–Kier alpha value is -3.61. The number of aryl methyl sites for hydroxylation is 1. The highest BCUT2D eigenvalue weighted by Crippen LogP contribution is 2.61. The quantitative estimate of drug-likeness (QED) is 0.360. The van der Waals surface area contributed by atoms with Crippen LogP contribution in [-0.4, -0.2) is 60.9 Å². The van der Waals surface area contributed by atoms with E-state index in [1.165, 1.54) is 36.1 Å². The molecule has 1 saturated heterocycles. The van der Waals surface area contributed by atoms with Gasteiger partial charge in [0.05, 0.1) is 12.7 Å². The number of carbonyl (C=O) groups excluding carboxylic acids is 1. The molecular weight excluding hydrogens is 536 g/mol. The van der Waals surface area contributed by atoms with E-state index in [0.29, 0.717) is 29.8 Å². The molecule has 2 bridgehead atoms. The molecular formula is C37H40N2O4. The zero-order valence-corrected chi connectivity index (χ0v) is 25.0. The van der Waals surface area contributed by atoms with Crippen molar-refractivity contribution < 1.29 is 19.4 Å². The zero-order chi connectivity index (χ0) is 29.3. The summed E-state index contributed by atoms with van der Waals surface area (Å²) in [6.07, 6.45) is 8.61. The summed E-state index contributed by atoms with van der Waals surface area (Å²) in [5.74, 6) is 2.65. The molecule has 2 unspecified atom stereocenters. The molecule has 2 N–H and O–H groups in total. The minimum atomic E-state index is -0.661. The first-order valence-electron chi connectivity index (χ1n) is 15.9. The number of aliphatic hydroxyl groups excluding tert-OH is 1. The van der Waals surface area contributed by atoms with E-state index in [4.69, 9.17) is 9.47 Å². The second-order valence-corrected chi connectivity index (χ2v) is 13.3. The second kappa shape index (κ2) is 10.2. The lowest BCUT2D eigenvalue weighted by atomic mass is 9.53. The van der Waals surface area contributed by atoms with Crippen molar-refractivity contribution in [1.29, 1.82) is 0 Å². The van der Waals surface area contributed by atoms with Crippen LogP contribution in [0.1, 0.15) is 51.9 Å². The average Bonchev–Trinajstić information content (AvgIpc) is 3.77. The van der Waals surface area contributed by atoms with Crippen molar-refractivity contribution in [3.05, 3.63) is 94.6 Å². The van der Waals surface area contributed by atoms with E-state index >= 15 is 0 Å². The van der Waals surface area contributed by atoms with Gasteiger partial charge in [0.1, 0.15) is 23.7 Å². The van der Waals surface area contributed by atoms with Crippen molar-refractivity contribution in [2.75, 3.05) is 26.7 Å². The van der Waals surface area contributed by atoms with Gasteiger partial charge in [-0.2, -0.15) is 0 Å². The van der Waals surface area contributed by atoms with Crippen LogP contribution in [0.5, 0.6) is 11.5 Å². The number of piperidine rings is 1. The largest absolute Gasteiger partial charge is 0.496 e. The first-order chi connectivity index (χ1) is 21.0. The molecule has 6 heteroatoms. The molecule has 2 fully saturated rings. The number of aliphatic hydroxyl groups is 1. The number of nitrogens with zero attached hydrogens (tertiary/aromatic N) is 1. The maximum Gasteiger partial charge on any atom is 0.255 e. The highest BCUT2D eigenvalue weighted by atomic mass is 16.5. The Morgan fingerprint density at radius 2 is 1.91 bits per heavy atom. The summed E-state index contributed by atoms with van der Waals surface area (Å²) in [6.45, 7) is 4.81. The standard InChI is InChI=1S/C37H40N2O4/c1-22-19-26(10-14-32(22)42-2)25-7-5-23(6-8-25)15-17-38-36(41)28-11-9-27-20-30-29-12-13-31(40)35-37(29,33(27)34(28)43-35)16-18-39(30)21-24-3-4-24/h5-14,19,24,29-31,35,40H,3-4,15-18,20-21H2,1-2H3,(H,38,41)/t29-,30?,31-,35-,37?/m0/s1. The highest BCUT2D eigenvalue weighted by molar-refractivity contribution is 5.98. The smallest absolute Gasteiger partial charge is 0.255 e. The van der Waals surface area contributed by atoms with Crippen LogP contribution in [0.25, 0.3) is 11.1 Å². The van der Waals surface area contributed by atoms with Crippen LogP contribution >= 0.6 is 0 Å². The molecule has 0 aromatic heterocycles. The van der Waals surface area contributed by atoms with Crippen molar-refractivity contribution in [1.82, 2.24) is 10.2 Å². The fraction of sp³-hybridized carbons (Fsp3) is 0.432. The van der Waals surface area contributed by atoms with Crippen molar-refractivity contribution >= 4 is 5.91 Å². The van der Waals surface area contributed by atoms with Gasteiger partial charge in [0.15, 0.2) is 0 Å². The predicted octanol–water partition coefficient (Wildman–Crippen LogP) is 5.23. The number of hydrogen-bond donors (Lipinski definition) is 2. The van der Waals surface area contributed by atoms with E-state index in [2.05, 4.69) is 65.7 Å². The van der Waals surface area contributed by atoms with Gasteiger partial charge >= 0.3 is 0 Å². The average molecular weight is 577 g/mol. The Balaban J connectivity index is 0.990. The van der Waals surface area contributed by atoms with Gasteiger partial charge in [0.2, 0.25) is 0 Å². The van der Waals surface area contributed by atoms with Gasteiger partial charge in [-0.1, -0.05) is 48.6 Å².